The summed E-state index contributed by atoms with van der Waals surface area (Å²) in [5.41, 5.74) is 0.928. The summed E-state index contributed by atoms with van der Waals surface area (Å²) in [6, 6.07) is 13.7. The van der Waals surface area contributed by atoms with E-state index >= 15 is 0 Å². The Morgan fingerprint density at radius 1 is 1.19 bits per heavy atom. The average molecular weight is 386 g/mol. The molecule has 7 heteroatoms. The van der Waals surface area contributed by atoms with Crippen LogP contribution in [-0.2, 0) is 0 Å². The molecule has 1 amide bonds. The topological polar surface area (TPSA) is 64.0 Å². The van der Waals surface area contributed by atoms with Gasteiger partial charge < -0.3 is 5.32 Å². The summed E-state index contributed by atoms with van der Waals surface area (Å²) in [6.45, 7) is 3.41. The lowest BCUT2D eigenvalue weighted by atomic mass is 10.1. The fraction of sp³-hybridized carbons (Fsp3) is 0.150. The van der Waals surface area contributed by atoms with Gasteiger partial charge >= 0.3 is 0 Å². The number of aryl methyl sites for hydroxylation is 1. The van der Waals surface area contributed by atoms with Gasteiger partial charge in [0.15, 0.2) is 5.69 Å². The summed E-state index contributed by atoms with van der Waals surface area (Å²) in [6.07, 6.45) is 0. The van der Waals surface area contributed by atoms with Gasteiger partial charge in [-0.25, -0.2) is 9.07 Å². The fourth-order valence-corrected chi connectivity index (χ4v) is 2.91. The monoisotopic (exact) mass is 385 g/mol. The van der Waals surface area contributed by atoms with E-state index in [0.717, 1.165) is 0 Å². The van der Waals surface area contributed by atoms with Gasteiger partial charge in [-0.3, -0.25) is 9.59 Å². The Bertz CT molecular complexity index is 1070. The van der Waals surface area contributed by atoms with Crippen LogP contribution in [0.1, 0.15) is 34.7 Å². The van der Waals surface area contributed by atoms with Crippen molar-refractivity contribution in [3.05, 3.63) is 92.6 Å². The van der Waals surface area contributed by atoms with Gasteiger partial charge in [0.2, 0.25) is 5.43 Å². The van der Waals surface area contributed by atoms with Crippen LogP contribution in [-0.4, -0.2) is 15.7 Å². The van der Waals surface area contributed by atoms with Crippen LogP contribution in [0.4, 0.5) is 4.39 Å². The molecule has 1 N–H and O–H groups in total. The average Bonchev–Trinajstić information content (AvgIpc) is 2.62. The number of rotatable bonds is 4. The summed E-state index contributed by atoms with van der Waals surface area (Å²) < 4.78 is 14.8. The second-order valence-electron chi connectivity index (χ2n) is 6.11. The van der Waals surface area contributed by atoms with E-state index in [9.17, 15) is 14.0 Å². The molecule has 0 aliphatic rings. The molecule has 5 nitrogen and oxygen atoms in total. The number of halogens is 2. The van der Waals surface area contributed by atoms with E-state index in [1.807, 2.05) is 0 Å². The molecule has 1 aromatic heterocycles. The number of para-hydroxylation sites is 1. The van der Waals surface area contributed by atoms with Crippen molar-refractivity contribution in [3.8, 4) is 5.69 Å². The molecule has 0 bridgehead atoms. The summed E-state index contributed by atoms with van der Waals surface area (Å²) in [5.74, 6) is -1.04. The third-order valence-corrected chi connectivity index (χ3v) is 4.42. The van der Waals surface area contributed by atoms with E-state index in [1.54, 1.807) is 50.2 Å². The van der Waals surface area contributed by atoms with E-state index in [1.165, 1.54) is 22.9 Å². The Morgan fingerprint density at radius 3 is 2.63 bits per heavy atom. The number of nitrogens with one attached hydrogen (secondary N) is 1. The number of carbonyl (C=O) groups is 1. The first-order valence-electron chi connectivity index (χ1n) is 8.29. The van der Waals surface area contributed by atoms with Gasteiger partial charge in [0.25, 0.3) is 5.91 Å². The summed E-state index contributed by atoms with van der Waals surface area (Å²) >= 11 is 6.21. The molecule has 1 heterocycles. The first-order valence-corrected chi connectivity index (χ1v) is 8.67. The van der Waals surface area contributed by atoms with Crippen LogP contribution in [0.3, 0.4) is 0 Å². The van der Waals surface area contributed by atoms with Crippen LogP contribution in [0, 0.1) is 12.7 Å². The summed E-state index contributed by atoms with van der Waals surface area (Å²) in [4.78, 5) is 24.9. The van der Waals surface area contributed by atoms with Crippen molar-refractivity contribution in [2.24, 2.45) is 0 Å². The van der Waals surface area contributed by atoms with E-state index in [2.05, 4.69) is 10.4 Å². The number of hydrogen-bond donors (Lipinski definition) is 1. The lowest BCUT2D eigenvalue weighted by molar-refractivity contribution is 0.0931. The molecule has 3 aromatic rings. The van der Waals surface area contributed by atoms with Crippen LogP contribution in [0.15, 0.2) is 59.4 Å². The second kappa shape index (κ2) is 7.72. The molecule has 27 heavy (non-hydrogen) atoms. The zero-order chi connectivity index (χ0) is 19.6. The molecule has 0 aliphatic heterocycles. The Hall–Kier alpha value is -2.99. The van der Waals surface area contributed by atoms with Gasteiger partial charge in [0.05, 0.1) is 16.8 Å². The molecular weight excluding hydrogens is 369 g/mol. The number of carbonyl (C=O) groups excluding carboxylic acids is 1. The molecule has 0 radical (unpaired) electrons. The molecular formula is C20H17ClFN3O2. The Kier molecular flexibility index (Phi) is 5.37. The van der Waals surface area contributed by atoms with Crippen molar-refractivity contribution < 1.29 is 9.18 Å². The van der Waals surface area contributed by atoms with Gasteiger partial charge in [-0.2, -0.15) is 5.10 Å². The van der Waals surface area contributed by atoms with E-state index in [-0.39, 0.29) is 5.69 Å². The summed E-state index contributed by atoms with van der Waals surface area (Å²) in [7, 11) is 0. The number of aromatic nitrogens is 2. The number of amides is 1. The lowest BCUT2D eigenvalue weighted by Gasteiger charge is -2.16. The second-order valence-corrected chi connectivity index (χ2v) is 6.52. The zero-order valence-electron chi connectivity index (χ0n) is 14.7. The first-order chi connectivity index (χ1) is 12.9. The molecule has 3 rings (SSSR count). The number of hydrogen-bond acceptors (Lipinski definition) is 3. The highest BCUT2D eigenvalue weighted by Crippen LogP contribution is 2.20. The third-order valence-electron chi connectivity index (χ3n) is 4.10. The minimum absolute atomic E-state index is 0.260. The van der Waals surface area contributed by atoms with Gasteiger partial charge in [0.1, 0.15) is 5.82 Å². The SMILES string of the molecule is Cc1cc(=O)c(C(=O)NC(C)c2cccc(F)c2)nn1-c1ccccc1Cl. The van der Waals surface area contributed by atoms with E-state index < -0.39 is 23.2 Å². The van der Waals surface area contributed by atoms with E-state index in [0.29, 0.717) is 22.0 Å². The van der Waals surface area contributed by atoms with Crippen LogP contribution >= 0.6 is 11.6 Å². The standard InChI is InChI=1S/C20H17ClFN3O2/c1-12-10-18(26)19(24-25(12)17-9-4-3-8-16(17)21)20(27)23-13(2)14-6-5-7-15(22)11-14/h3-11,13H,1-2H3,(H,23,27). The highest BCUT2D eigenvalue weighted by molar-refractivity contribution is 6.32. The van der Waals surface area contributed by atoms with Crippen molar-refractivity contribution >= 4 is 17.5 Å². The molecule has 1 atom stereocenters. The van der Waals surface area contributed by atoms with Crippen LogP contribution in [0.5, 0.6) is 0 Å². The smallest absolute Gasteiger partial charge is 0.276 e. The minimum atomic E-state index is -0.641. The Balaban J connectivity index is 1.94. The predicted molar refractivity (Wildman–Crippen MR) is 102 cm³/mol. The Morgan fingerprint density at radius 2 is 1.93 bits per heavy atom. The van der Waals surface area contributed by atoms with Crippen molar-refractivity contribution in [3.63, 3.8) is 0 Å². The molecule has 0 aliphatic carbocycles. The van der Waals surface area contributed by atoms with Crippen LogP contribution in [0.2, 0.25) is 5.02 Å². The maximum Gasteiger partial charge on any atom is 0.276 e. The van der Waals surface area contributed by atoms with Crippen LogP contribution < -0.4 is 10.7 Å². The molecule has 138 valence electrons. The molecule has 0 spiro atoms. The molecule has 2 aromatic carbocycles. The van der Waals surface area contributed by atoms with Crippen molar-refractivity contribution in [1.82, 2.24) is 15.1 Å². The fourth-order valence-electron chi connectivity index (χ4n) is 2.70. The van der Waals surface area contributed by atoms with Crippen LogP contribution in [0.25, 0.3) is 5.69 Å². The molecule has 0 fully saturated rings. The Labute approximate surface area is 160 Å². The highest BCUT2D eigenvalue weighted by atomic mass is 35.5. The zero-order valence-corrected chi connectivity index (χ0v) is 15.5. The lowest BCUT2D eigenvalue weighted by Crippen LogP contribution is -2.33. The number of nitrogens with zero attached hydrogens (tertiary/aromatic N) is 2. The largest absolute Gasteiger partial charge is 0.344 e. The number of benzene rings is 2. The predicted octanol–water partition coefficient (Wildman–Crippen LogP) is 3.82. The van der Waals surface area contributed by atoms with Gasteiger partial charge in [-0.05, 0) is 43.7 Å². The minimum Gasteiger partial charge on any atom is -0.344 e. The quantitative estimate of drug-likeness (QED) is 0.742. The highest BCUT2D eigenvalue weighted by Gasteiger charge is 2.18. The molecule has 0 saturated carbocycles. The van der Waals surface area contributed by atoms with Gasteiger partial charge in [-0.1, -0.05) is 35.9 Å². The van der Waals surface area contributed by atoms with Crippen molar-refractivity contribution in [2.45, 2.75) is 19.9 Å². The van der Waals surface area contributed by atoms with E-state index in [4.69, 9.17) is 11.6 Å². The maximum absolute atomic E-state index is 13.4. The normalized spacial score (nSPS) is 11.9. The molecule has 0 saturated heterocycles. The van der Waals surface area contributed by atoms with Gasteiger partial charge in [0, 0.05) is 11.8 Å². The molecule has 1 unspecified atom stereocenters. The third kappa shape index (κ3) is 4.06. The van der Waals surface area contributed by atoms with Gasteiger partial charge in [-0.15, -0.1) is 0 Å². The van der Waals surface area contributed by atoms with Crippen molar-refractivity contribution in [2.75, 3.05) is 0 Å². The van der Waals surface area contributed by atoms with Crippen molar-refractivity contribution in [1.29, 1.82) is 0 Å². The summed E-state index contributed by atoms with van der Waals surface area (Å²) in [5, 5.41) is 7.32. The first kappa shape index (κ1) is 18.8. The maximum atomic E-state index is 13.4.